The third-order valence-corrected chi connectivity index (χ3v) is 27.0. The van der Waals surface area contributed by atoms with Gasteiger partial charge in [-0.3, -0.25) is 19.2 Å². The molecule has 138 heavy (non-hydrogen) atoms. The number of unbranched alkanes of at least 4 members (excludes halogenated alkanes) is 10. The molecule has 0 fully saturated rings. The Kier molecular flexibility index (Phi) is 53.6. The summed E-state index contributed by atoms with van der Waals surface area (Å²) in [6, 6.07) is 28.2. The van der Waals surface area contributed by atoms with E-state index in [1.807, 2.05) is 91.1 Å². The van der Waals surface area contributed by atoms with Crippen molar-refractivity contribution in [1.82, 2.24) is 0 Å². The minimum Gasteiger partial charge on any atom is -0.507 e. The van der Waals surface area contributed by atoms with Gasteiger partial charge in [-0.25, -0.2) is 0 Å². The molecule has 7 N–H and O–H groups in total. The third kappa shape index (κ3) is 44.9. The predicted molar refractivity (Wildman–Crippen MR) is 578 cm³/mol. The highest BCUT2D eigenvalue weighted by molar-refractivity contribution is 7.98. The van der Waals surface area contributed by atoms with Crippen LogP contribution in [0.4, 0.5) is 0 Å². The van der Waals surface area contributed by atoms with Crippen molar-refractivity contribution in [2.75, 3.05) is 37.9 Å². The second-order valence-corrected chi connectivity index (χ2v) is 47.0. The first kappa shape index (κ1) is 120. The molecule has 0 aliphatic heterocycles. The number of ether oxygens (including phenoxy) is 4. The molecule has 770 valence electrons. The lowest BCUT2D eigenvalue weighted by Crippen LogP contribution is -2.44. The molecular weight excluding hydrogens is 1760 g/mol. The van der Waals surface area contributed by atoms with E-state index in [0.717, 1.165) is 129 Å². The lowest BCUT2D eigenvalue weighted by molar-refractivity contribution is -0.170. The number of esters is 4. The summed E-state index contributed by atoms with van der Waals surface area (Å²) in [4.78, 5) is 56.1. The second kappa shape index (κ2) is 61.5. The van der Waals surface area contributed by atoms with Crippen LogP contribution in [0.5, 0.6) is 40.2 Å². The second-order valence-electron chi connectivity index (χ2n) is 44.8. The molecule has 0 heterocycles. The van der Waals surface area contributed by atoms with Crippen LogP contribution in [-0.2, 0) is 145 Å². The Hall–Kier alpha value is -8.28. The predicted octanol–water partition coefficient (Wildman–Crippen LogP) is 29.8. The normalized spacial score (nSPS) is 11.9. The summed E-state index contributed by atoms with van der Waals surface area (Å²) >= 11 is 4.02. The largest absolute Gasteiger partial charge is 0.507 e. The first-order valence-corrected chi connectivity index (χ1v) is 55.0. The summed E-state index contributed by atoms with van der Waals surface area (Å²) in [6.45, 7) is 53.1. The lowest BCUT2D eigenvalue weighted by atomic mass is 9.83. The lowest BCUT2D eigenvalue weighted by Gasteiger charge is -2.31. The van der Waals surface area contributed by atoms with Gasteiger partial charge >= 0.3 is 23.9 Å². The summed E-state index contributed by atoms with van der Waals surface area (Å²) in [5.41, 5.74) is 18.0. The molecule has 0 aliphatic rings. The zero-order valence-electron chi connectivity index (χ0n) is 90.4. The number of aromatic hydroxyl groups is 7. The Balaban J connectivity index is 0.000000508. The number of carbonyl (C=O) groups excluding carboxylic acids is 4. The molecule has 0 bridgehead atoms. The number of aryl methyl sites for hydroxylation is 7. The van der Waals surface area contributed by atoms with E-state index in [2.05, 4.69) is 197 Å². The number of benzene rings is 7. The molecule has 0 unspecified atom stereocenters. The zero-order chi connectivity index (χ0) is 103. The molecule has 0 amide bonds. The smallest absolute Gasteiger partial charge is 0.306 e. The molecule has 0 atom stereocenters. The molecule has 0 saturated carbocycles. The van der Waals surface area contributed by atoms with Gasteiger partial charge in [0.25, 0.3) is 0 Å². The quantitative estimate of drug-likeness (QED) is 0.0106. The Labute approximate surface area is 844 Å². The molecule has 0 radical (unpaired) electrons. The van der Waals surface area contributed by atoms with Crippen LogP contribution in [0, 0.1) is 79.4 Å². The third-order valence-electron chi connectivity index (χ3n) is 24.8. The SMILES string of the molecule is CC(C)Cc1cc(CCC(=O)OCC(COC(=O)CCc2cc(CC(C)C)c(O)c(CC(C)C)c2)(COC(=O)CCc2cc(CC(C)C)c(O)c(CC(C)C)c2)COC(=O)CCc2cc(CC(C)C)c(O)c(CC(C)C)c2)cc(CC(C)C)c1O.CCCCCCCCSCc1cc(C)c(O)c(CSCCCCCCCC)c1.Cc1cc(Cc2cc(C)cc(C(C)(C)C)c2O)c(O)c(CC(C)C)c1. The first-order valence-electron chi connectivity index (χ1n) is 52.7. The number of phenols is 7. The van der Waals surface area contributed by atoms with Crippen molar-refractivity contribution in [2.45, 2.75) is 390 Å². The maximum atomic E-state index is 14.0. The van der Waals surface area contributed by atoms with Gasteiger partial charge < -0.3 is 54.7 Å². The Morgan fingerprint density at radius 3 is 0.804 bits per heavy atom. The highest BCUT2D eigenvalue weighted by atomic mass is 32.2. The number of carbonyl (C=O) groups is 4. The van der Waals surface area contributed by atoms with E-state index < -0.39 is 55.7 Å². The van der Waals surface area contributed by atoms with Gasteiger partial charge in [0.2, 0.25) is 0 Å². The molecule has 0 saturated heterocycles. The zero-order valence-corrected chi connectivity index (χ0v) is 92.0. The maximum Gasteiger partial charge on any atom is 0.306 e. The van der Waals surface area contributed by atoms with Crippen molar-refractivity contribution in [3.63, 3.8) is 0 Å². The highest BCUT2D eigenvalue weighted by Gasteiger charge is 2.39. The molecule has 7 aromatic carbocycles. The first-order chi connectivity index (χ1) is 65.1. The fourth-order valence-electron chi connectivity index (χ4n) is 18.0. The molecule has 0 aromatic heterocycles. The topological polar surface area (TPSA) is 247 Å². The van der Waals surface area contributed by atoms with E-state index in [0.29, 0.717) is 107 Å². The van der Waals surface area contributed by atoms with E-state index in [1.165, 1.54) is 94.1 Å². The van der Waals surface area contributed by atoms with Crippen LogP contribution >= 0.6 is 23.5 Å². The van der Waals surface area contributed by atoms with Crippen LogP contribution in [0.15, 0.2) is 84.9 Å². The average molecular weight is 1940 g/mol. The molecule has 7 rings (SSSR count). The molecule has 15 nitrogen and oxygen atoms in total. The van der Waals surface area contributed by atoms with Gasteiger partial charge in [0, 0.05) is 49.2 Å². The molecular formula is C121H184O15S2. The summed E-state index contributed by atoms with van der Waals surface area (Å²) in [7, 11) is 0. The van der Waals surface area contributed by atoms with E-state index in [1.54, 1.807) is 0 Å². The number of hydrogen-bond donors (Lipinski definition) is 7. The monoisotopic (exact) mass is 1940 g/mol. The molecule has 17 heteroatoms. The van der Waals surface area contributed by atoms with Crippen molar-refractivity contribution >= 4 is 47.4 Å². The van der Waals surface area contributed by atoms with Crippen LogP contribution in [0.1, 0.15) is 379 Å². The van der Waals surface area contributed by atoms with E-state index in [-0.39, 0.29) is 101 Å². The van der Waals surface area contributed by atoms with Crippen molar-refractivity contribution in [2.24, 2.45) is 58.7 Å². The van der Waals surface area contributed by atoms with Crippen molar-refractivity contribution in [1.29, 1.82) is 0 Å². The minimum atomic E-state index is -1.54. The highest BCUT2D eigenvalue weighted by Crippen LogP contribution is 2.41. The Bertz CT molecular complexity index is 4360. The van der Waals surface area contributed by atoms with Gasteiger partial charge in [-0.1, -0.05) is 320 Å². The fraction of sp³-hybridized carbons (Fsp3) is 0.620. The van der Waals surface area contributed by atoms with Crippen molar-refractivity contribution < 1.29 is 73.9 Å². The maximum absolute atomic E-state index is 14.0. The van der Waals surface area contributed by atoms with Crippen LogP contribution in [-0.4, -0.2) is 97.6 Å². The van der Waals surface area contributed by atoms with Gasteiger partial charge in [-0.2, -0.15) is 23.5 Å². The number of phenolic OH excluding ortho intramolecular Hbond substituents is 7. The van der Waals surface area contributed by atoms with Gasteiger partial charge in [-0.05, 0) is 287 Å². The van der Waals surface area contributed by atoms with Crippen LogP contribution in [0.2, 0.25) is 0 Å². The summed E-state index contributed by atoms with van der Waals surface area (Å²) in [5.74, 6) is 7.41. The summed E-state index contributed by atoms with van der Waals surface area (Å²) in [5, 5.41) is 76.9. The Morgan fingerprint density at radius 2 is 0.522 bits per heavy atom. The standard InChI is InChI=1S/C73H108O12.C25H44OS2.C23H32O2/c1-45(2)25-57-33-53(34-58(69(57)78)26-46(3)4)17-21-65(74)82-41-73(42-83-66(75)22-18-54-35-59(27-47(5)6)70(79)60(36-54)28-48(7)8,43-84-67(76)23-19-55-37-61(29-49(9)10)71(80)62(38-55)30-50(11)12)44-85-68(77)24-20-56-39-63(31-51(13)14)72(81)64(40-56)32-52(15)16;1-4-6-8-10-12-14-16-27-20-23-18-22(3)25(26)24(19-23)21-28-17-15-13-11-9-7-5-2;1-14(2)8-17-9-15(3)10-18(21(17)24)13-19-11-16(4)12-20(22(19)25)23(5,6)7/h33-40,45-52,78-81H,17-32,41-44H2,1-16H3;18-19,26H,4-17,20-21H2,1-3H3;9-12,14,24-25H,8,13H2,1-7H3. The van der Waals surface area contributed by atoms with E-state index in [4.69, 9.17) is 18.9 Å². The molecule has 0 aliphatic carbocycles. The van der Waals surface area contributed by atoms with Crippen LogP contribution in [0.25, 0.3) is 0 Å². The van der Waals surface area contributed by atoms with Crippen LogP contribution in [0.3, 0.4) is 0 Å². The van der Waals surface area contributed by atoms with Gasteiger partial charge in [-0.15, -0.1) is 0 Å². The molecule has 0 spiro atoms. The fourth-order valence-corrected chi connectivity index (χ4v) is 20.0. The van der Waals surface area contributed by atoms with Crippen molar-refractivity contribution in [3.05, 3.63) is 202 Å². The average Bonchev–Trinajstić information content (AvgIpc) is 0.786. The van der Waals surface area contributed by atoms with E-state index >= 15 is 0 Å². The minimum absolute atomic E-state index is 0.0267. The van der Waals surface area contributed by atoms with Gasteiger partial charge in [0.1, 0.15) is 72.1 Å². The Morgan fingerprint density at radius 1 is 0.283 bits per heavy atom. The number of hydrogen-bond acceptors (Lipinski definition) is 17. The van der Waals surface area contributed by atoms with E-state index in [9.17, 15) is 54.9 Å². The van der Waals surface area contributed by atoms with Crippen molar-refractivity contribution in [3.8, 4) is 40.2 Å². The summed E-state index contributed by atoms with van der Waals surface area (Å²) in [6.07, 6.45) is 24.3. The summed E-state index contributed by atoms with van der Waals surface area (Å²) < 4.78 is 24.4. The number of thioether (sulfide) groups is 2. The molecule has 7 aromatic rings. The van der Waals surface area contributed by atoms with Crippen LogP contribution < -0.4 is 0 Å². The van der Waals surface area contributed by atoms with Gasteiger partial charge in [0.15, 0.2) is 0 Å². The number of rotatable bonds is 58. The van der Waals surface area contributed by atoms with Gasteiger partial charge in [0.05, 0.1) is 0 Å².